The van der Waals surface area contributed by atoms with E-state index in [1.807, 2.05) is 6.07 Å². The summed E-state index contributed by atoms with van der Waals surface area (Å²) in [4.78, 5) is 23.7. The number of halogens is 1. The number of aromatic amines is 1. The zero-order chi connectivity index (χ0) is 16.9. The fourth-order valence-corrected chi connectivity index (χ4v) is 2.49. The maximum Gasteiger partial charge on any atom is 0.272 e. The minimum absolute atomic E-state index is 0.128. The molecule has 1 amide bonds. The van der Waals surface area contributed by atoms with Gasteiger partial charge in [0.25, 0.3) is 5.56 Å². The van der Waals surface area contributed by atoms with Crippen LogP contribution < -0.4 is 10.9 Å². The normalized spacial score (nSPS) is 10.7. The Morgan fingerprint density at radius 1 is 1.08 bits per heavy atom. The molecule has 0 aliphatic heterocycles. The zero-order valence-corrected chi connectivity index (χ0v) is 12.9. The van der Waals surface area contributed by atoms with E-state index >= 15 is 0 Å². The number of nitrogens with zero attached hydrogens (tertiary/aromatic N) is 1. The molecule has 0 fully saturated rings. The van der Waals surface area contributed by atoms with Gasteiger partial charge >= 0.3 is 0 Å². The molecule has 3 aromatic rings. The maximum absolute atomic E-state index is 12.8. The monoisotopic (exact) mass is 325 g/mol. The van der Waals surface area contributed by atoms with Gasteiger partial charge in [0.1, 0.15) is 5.82 Å². The smallest absolute Gasteiger partial charge is 0.272 e. The van der Waals surface area contributed by atoms with E-state index in [1.165, 1.54) is 12.1 Å². The highest BCUT2D eigenvalue weighted by Gasteiger charge is 2.08. The van der Waals surface area contributed by atoms with Crippen LogP contribution in [0.1, 0.15) is 17.7 Å². The van der Waals surface area contributed by atoms with Crippen LogP contribution in [0.25, 0.3) is 10.8 Å². The number of aryl methyl sites for hydroxylation is 1. The van der Waals surface area contributed by atoms with Gasteiger partial charge in [0.05, 0.1) is 17.6 Å². The molecule has 0 aliphatic rings. The van der Waals surface area contributed by atoms with Crippen molar-refractivity contribution in [3.63, 3.8) is 0 Å². The van der Waals surface area contributed by atoms with Crippen LogP contribution in [0.5, 0.6) is 0 Å². The first-order valence-corrected chi connectivity index (χ1v) is 7.61. The van der Waals surface area contributed by atoms with Gasteiger partial charge in [-0.2, -0.15) is 5.10 Å². The quantitative estimate of drug-likeness (QED) is 0.756. The molecular weight excluding hydrogens is 309 g/mol. The van der Waals surface area contributed by atoms with Crippen LogP contribution in [-0.4, -0.2) is 16.1 Å². The predicted molar refractivity (Wildman–Crippen MR) is 88.9 cm³/mol. The van der Waals surface area contributed by atoms with Gasteiger partial charge < -0.3 is 5.32 Å². The molecule has 122 valence electrons. The van der Waals surface area contributed by atoms with E-state index in [4.69, 9.17) is 0 Å². The lowest BCUT2D eigenvalue weighted by Gasteiger charge is -2.07. The van der Waals surface area contributed by atoms with Crippen molar-refractivity contribution in [3.05, 3.63) is 76.0 Å². The van der Waals surface area contributed by atoms with Crippen LogP contribution in [0, 0.1) is 5.82 Å². The molecule has 0 saturated carbocycles. The summed E-state index contributed by atoms with van der Waals surface area (Å²) < 4.78 is 12.8. The fourth-order valence-electron chi connectivity index (χ4n) is 2.49. The van der Waals surface area contributed by atoms with Crippen molar-refractivity contribution in [2.24, 2.45) is 0 Å². The van der Waals surface area contributed by atoms with Gasteiger partial charge in [0, 0.05) is 11.8 Å². The molecule has 0 atom stereocenters. The van der Waals surface area contributed by atoms with E-state index in [1.54, 1.807) is 30.3 Å². The lowest BCUT2D eigenvalue weighted by Crippen LogP contribution is -2.24. The highest BCUT2D eigenvalue weighted by Crippen LogP contribution is 2.12. The first-order chi connectivity index (χ1) is 11.6. The molecule has 5 nitrogen and oxygen atoms in total. The van der Waals surface area contributed by atoms with Crippen molar-refractivity contribution in [2.75, 3.05) is 0 Å². The number of carbonyl (C=O) groups excluding carboxylic acids is 1. The first-order valence-electron chi connectivity index (χ1n) is 7.61. The Morgan fingerprint density at radius 3 is 2.54 bits per heavy atom. The van der Waals surface area contributed by atoms with Gasteiger partial charge in [0.15, 0.2) is 0 Å². The lowest BCUT2D eigenvalue weighted by molar-refractivity contribution is -0.121. The Bertz CT molecular complexity index is 919. The molecule has 1 heterocycles. The Hall–Kier alpha value is -3.02. The molecule has 1 aromatic heterocycles. The third-order valence-corrected chi connectivity index (χ3v) is 3.78. The number of H-pyrrole nitrogens is 1. The maximum atomic E-state index is 12.8. The van der Waals surface area contributed by atoms with Crippen molar-refractivity contribution < 1.29 is 9.18 Å². The summed E-state index contributed by atoms with van der Waals surface area (Å²) in [5, 5.41) is 10.5. The Balaban J connectivity index is 1.61. The minimum atomic E-state index is -0.292. The average molecular weight is 325 g/mol. The summed E-state index contributed by atoms with van der Waals surface area (Å²) in [7, 11) is 0. The first kappa shape index (κ1) is 15.9. The van der Waals surface area contributed by atoms with Gasteiger partial charge in [-0.3, -0.25) is 9.59 Å². The number of hydrogen-bond acceptors (Lipinski definition) is 3. The second-order valence-electron chi connectivity index (χ2n) is 5.45. The third kappa shape index (κ3) is 3.65. The van der Waals surface area contributed by atoms with E-state index in [9.17, 15) is 14.0 Å². The number of fused-ring (bicyclic) bond motifs is 1. The van der Waals surface area contributed by atoms with E-state index in [0.717, 1.165) is 10.9 Å². The molecule has 0 bridgehead atoms. The van der Waals surface area contributed by atoms with Crippen molar-refractivity contribution in [1.82, 2.24) is 15.5 Å². The molecule has 0 saturated heterocycles. The van der Waals surface area contributed by atoms with E-state index in [0.29, 0.717) is 23.9 Å². The van der Waals surface area contributed by atoms with Crippen LogP contribution in [0.15, 0.2) is 53.3 Å². The summed E-state index contributed by atoms with van der Waals surface area (Å²) in [6.07, 6.45) is 0.832. The molecule has 0 radical (unpaired) electrons. The van der Waals surface area contributed by atoms with E-state index in [-0.39, 0.29) is 23.8 Å². The zero-order valence-electron chi connectivity index (χ0n) is 12.9. The van der Waals surface area contributed by atoms with Crippen molar-refractivity contribution >= 4 is 16.7 Å². The highest BCUT2D eigenvalue weighted by molar-refractivity contribution is 5.84. The second-order valence-corrected chi connectivity index (χ2v) is 5.45. The minimum Gasteiger partial charge on any atom is -0.350 e. The molecule has 2 N–H and O–H groups in total. The van der Waals surface area contributed by atoms with Gasteiger partial charge in [-0.05, 0) is 30.2 Å². The number of rotatable bonds is 5. The molecule has 24 heavy (non-hydrogen) atoms. The second kappa shape index (κ2) is 7.04. The van der Waals surface area contributed by atoms with Crippen LogP contribution in [-0.2, 0) is 17.8 Å². The van der Waals surface area contributed by atoms with Crippen molar-refractivity contribution in [3.8, 4) is 0 Å². The molecule has 6 heteroatoms. The van der Waals surface area contributed by atoms with Crippen molar-refractivity contribution in [1.29, 1.82) is 0 Å². The lowest BCUT2D eigenvalue weighted by atomic mass is 10.1. The number of nitrogens with one attached hydrogen (secondary N) is 2. The van der Waals surface area contributed by atoms with Crippen LogP contribution >= 0.6 is 0 Å². The SMILES string of the molecule is O=C(CCc1ccc(F)cc1)NCc1n[nH]c(=O)c2ccccc12. The number of hydrogen-bond donors (Lipinski definition) is 2. The summed E-state index contributed by atoms with van der Waals surface area (Å²) in [5.74, 6) is -0.421. The number of benzene rings is 2. The van der Waals surface area contributed by atoms with Gasteiger partial charge in [-0.1, -0.05) is 30.3 Å². The van der Waals surface area contributed by atoms with Crippen LogP contribution in [0.2, 0.25) is 0 Å². The summed E-state index contributed by atoms with van der Waals surface area (Å²) in [5.41, 5.74) is 1.26. The van der Waals surface area contributed by atoms with Crippen LogP contribution in [0.4, 0.5) is 4.39 Å². The number of amides is 1. The Kier molecular flexibility index (Phi) is 4.65. The molecule has 3 rings (SSSR count). The standard InChI is InChI=1S/C18H16FN3O2/c19-13-8-5-12(6-9-13)7-10-17(23)20-11-16-14-3-1-2-4-15(14)18(24)22-21-16/h1-6,8-9H,7,10-11H2,(H,20,23)(H,22,24). The van der Waals surface area contributed by atoms with Crippen molar-refractivity contribution in [2.45, 2.75) is 19.4 Å². The van der Waals surface area contributed by atoms with Gasteiger partial charge in [-0.25, -0.2) is 9.49 Å². The number of carbonyl (C=O) groups is 1. The molecule has 0 unspecified atom stereocenters. The summed E-state index contributed by atoms with van der Waals surface area (Å²) in [6, 6.07) is 13.2. The third-order valence-electron chi connectivity index (χ3n) is 3.78. The summed E-state index contributed by atoms with van der Waals surface area (Å²) in [6.45, 7) is 0.236. The van der Waals surface area contributed by atoms with Crippen LogP contribution in [0.3, 0.4) is 0 Å². The topological polar surface area (TPSA) is 74.8 Å². The molecule has 2 aromatic carbocycles. The fraction of sp³-hybridized carbons (Fsp3) is 0.167. The molecular formula is C18H16FN3O2. The Labute approximate surface area is 137 Å². The largest absolute Gasteiger partial charge is 0.350 e. The van der Waals surface area contributed by atoms with Gasteiger partial charge in [-0.15, -0.1) is 0 Å². The predicted octanol–water partition coefficient (Wildman–Crippen LogP) is 2.31. The Morgan fingerprint density at radius 2 is 1.79 bits per heavy atom. The highest BCUT2D eigenvalue weighted by atomic mass is 19.1. The number of aromatic nitrogens is 2. The van der Waals surface area contributed by atoms with E-state index < -0.39 is 0 Å². The molecule has 0 spiro atoms. The summed E-state index contributed by atoms with van der Waals surface area (Å²) >= 11 is 0. The average Bonchev–Trinajstić information content (AvgIpc) is 2.61. The van der Waals surface area contributed by atoms with E-state index in [2.05, 4.69) is 15.5 Å². The molecule has 0 aliphatic carbocycles. The van der Waals surface area contributed by atoms with Gasteiger partial charge in [0.2, 0.25) is 5.91 Å².